The molecule has 2 rings (SSSR count). The van der Waals surface area contributed by atoms with Crippen molar-refractivity contribution in [3.63, 3.8) is 0 Å². The second-order valence-electron chi connectivity index (χ2n) is 2.58. The zero-order valence-electron chi connectivity index (χ0n) is 6.00. The number of hydrogen-bond donors (Lipinski definition) is 0. The number of aryl methyl sites for hydroxylation is 1. The van der Waals surface area contributed by atoms with Crippen LogP contribution >= 0.6 is 10.5 Å². The van der Waals surface area contributed by atoms with Crippen LogP contribution in [-0.4, -0.2) is 11.1 Å². The second-order valence-corrected chi connectivity index (χ2v) is 4.57. The zero-order chi connectivity index (χ0) is 6.97. The predicted molar refractivity (Wildman–Crippen MR) is 48.0 cm³/mol. The molecule has 0 saturated heterocycles. The van der Waals surface area contributed by atoms with Gasteiger partial charge >= 0.3 is 0 Å². The Balaban J connectivity index is 2.37. The van der Waals surface area contributed by atoms with Gasteiger partial charge in [0, 0.05) is 10.6 Å². The summed E-state index contributed by atoms with van der Waals surface area (Å²) in [5, 5.41) is 2.37. The van der Waals surface area contributed by atoms with Crippen molar-refractivity contribution in [1.82, 2.24) is 0 Å². The van der Waals surface area contributed by atoms with E-state index in [1.165, 1.54) is 16.2 Å². The lowest BCUT2D eigenvalue weighted by Crippen LogP contribution is -1.70. The topological polar surface area (TPSA) is 0 Å². The molecule has 1 aromatic carbocycles. The van der Waals surface area contributed by atoms with Gasteiger partial charge in [-0.05, 0) is 24.4 Å². The van der Waals surface area contributed by atoms with Crippen LogP contribution in [0.5, 0.6) is 0 Å². The molecule has 0 spiro atoms. The summed E-state index contributed by atoms with van der Waals surface area (Å²) < 4.78 is 0. The van der Waals surface area contributed by atoms with Gasteiger partial charge in [-0.2, -0.15) is 10.5 Å². The van der Waals surface area contributed by atoms with Crippen LogP contribution in [-0.2, 0) is 0 Å². The largest absolute Gasteiger partial charge is 0.154 e. The summed E-state index contributed by atoms with van der Waals surface area (Å²) in [6.07, 6.45) is 0. The highest BCUT2D eigenvalue weighted by atomic mass is 32.2. The van der Waals surface area contributed by atoms with Gasteiger partial charge in [0.25, 0.3) is 0 Å². The van der Waals surface area contributed by atoms with Crippen LogP contribution in [0.1, 0.15) is 5.56 Å². The highest BCUT2D eigenvalue weighted by Gasteiger charge is 2.06. The van der Waals surface area contributed by atoms with E-state index in [1.54, 1.807) is 0 Å². The smallest absolute Gasteiger partial charge is 0.0162 e. The summed E-state index contributed by atoms with van der Waals surface area (Å²) in [7, 11) is 0.538. The zero-order valence-corrected chi connectivity index (χ0v) is 6.82. The molecule has 1 heterocycles. The van der Waals surface area contributed by atoms with Crippen molar-refractivity contribution in [3.8, 4) is 0 Å². The van der Waals surface area contributed by atoms with Crippen LogP contribution in [0.15, 0.2) is 29.2 Å². The lowest BCUT2D eigenvalue weighted by atomic mass is 10.2. The first kappa shape index (κ1) is 6.17. The average molecular weight is 150 g/mol. The van der Waals surface area contributed by atoms with E-state index in [-0.39, 0.29) is 0 Å². The molecule has 52 valence electrons. The van der Waals surface area contributed by atoms with E-state index in [0.29, 0.717) is 10.5 Å². The van der Waals surface area contributed by atoms with Crippen molar-refractivity contribution in [3.05, 3.63) is 29.8 Å². The summed E-state index contributed by atoms with van der Waals surface area (Å²) >= 11 is 0. The second kappa shape index (κ2) is 2.24. The minimum absolute atomic E-state index is 0.538. The molecule has 1 aliphatic rings. The third-order valence-electron chi connectivity index (χ3n) is 1.66. The van der Waals surface area contributed by atoms with Gasteiger partial charge in [0.05, 0.1) is 0 Å². The average Bonchev–Trinajstić information content (AvgIpc) is 2.71. The molecular formula is C9H10S. The maximum atomic E-state index is 2.37. The fourth-order valence-corrected chi connectivity index (χ4v) is 2.08. The van der Waals surface area contributed by atoms with Gasteiger partial charge in [0.15, 0.2) is 0 Å². The van der Waals surface area contributed by atoms with Crippen LogP contribution in [0.3, 0.4) is 0 Å². The number of rotatable bonds is 1. The van der Waals surface area contributed by atoms with E-state index in [9.17, 15) is 0 Å². The summed E-state index contributed by atoms with van der Waals surface area (Å²) in [5.74, 6) is 1.31. The molecule has 0 bridgehead atoms. The summed E-state index contributed by atoms with van der Waals surface area (Å²) in [5.41, 5.74) is 1.36. The highest BCUT2D eigenvalue weighted by Crippen LogP contribution is 2.33. The van der Waals surface area contributed by atoms with E-state index in [0.717, 1.165) is 0 Å². The molecule has 0 N–H and O–H groups in total. The van der Waals surface area contributed by atoms with Gasteiger partial charge in [0.1, 0.15) is 0 Å². The monoisotopic (exact) mass is 150 g/mol. The van der Waals surface area contributed by atoms with E-state index >= 15 is 0 Å². The first-order valence-electron chi connectivity index (χ1n) is 3.46. The number of benzene rings is 1. The Morgan fingerprint density at radius 3 is 2.30 bits per heavy atom. The molecule has 1 heteroatoms. The van der Waals surface area contributed by atoms with E-state index in [1.807, 2.05) is 0 Å². The van der Waals surface area contributed by atoms with Gasteiger partial charge < -0.3 is 0 Å². The highest BCUT2D eigenvalue weighted by molar-refractivity contribution is 8.22. The molecule has 1 aromatic rings. The Morgan fingerprint density at radius 1 is 1.20 bits per heavy atom. The minimum Gasteiger partial charge on any atom is -0.154 e. The molecule has 1 aliphatic heterocycles. The normalized spacial score (nSPS) is 21.9. The fraction of sp³-hybridized carbons (Fsp3) is 0.222. The molecule has 0 aliphatic carbocycles. The molecule has 1 atom stereocenters. The Hall–Kier alpha value is -0.560. The van der Waals surface area contributed by atoms with Crippen molar-refractivity contribution in [2.75, 3.05) is 5.75 Å². The standard InChI is InChI=1S/C9H10S/c1-8-2-4-9(5-3-8)10-6-7-10/h2-6H,7H2,1H3. The first-order chi connectivity index (χ1) is 4.86. The Kier molecular flexibility index (Phi) is 1.38. The van der Waals surface area contributed by atoms with Crippen LogP contribution in [0, 0.1) is 6.92 Å². The molecule has 0 saturated carbocycles. The maximum Gasteiger partial charge on any atom is 0.0162 e. The van der Waals surface area contributed by atoms with E-state index < -0.39 is 0 Å². The predicted octanol–water partition coefficient (Wildman–Crippen LogP) is 2.44. The molecule has 0 nitrogen and oxygen atoms in total. The maximum absolute atomic E-state index is 2.37. The Labute approximate surface area is 63.8 Å². The Bertz CT molecular complexity index is 269. The molecule has 0 aromatic heterocycles. The lowest BCUT2D eigenvalue weighted by molar-refractivity contribution is 1.38. The van der Waals surface area contributed by atoms with Gasteiger partial charge in [-0.3, -0.25) is 0 Å². The van der Waals surface area contributed by atoms with Gasteiger partial charge in [-0.25, -0.2) is 0 Å². The van der Waals surface area contributed by atoms with Crippen LogP contribution in [0.4, 0.5) is 0 Å². The van der Waals surface area contributed by atoms with Crippen LogP contribution in [0.2, 0.25) is 0 Å². The van der Waals surface area contributed by atoms with Crippen LogP contribution < -0.4 is 0 Å². The number of hydrogen-bond acceptors (Lipinski definition) is 0. The van der Waals surface area contributed by atoms with Crippen molar-refractivity contribution in [2.24, 2.45) is 0 Å². The van der Waals surface area contributed by atoms with E-state index in [4.69, 9.17) is 0 Å². The molecule has 0 radical (unpaired) electrons. The van der Waals surface area contributed by atoms with Crippen LogP contribution in [0.25, 0.3) is 0 Å². The lowest BCUT2D eigenvalue weighted by Gasteiger charge is -1.94. The third-order valence-corrected chi connectivity index (χ3v) is 3.20. The first-order valence-corrected chi connectivity index (χ1v) is 4.92. The Morgan fingerprint density at radius 2 is 1.80 bits per heavy atom. The SMILES string of the molecule is Cc1ccc(S2=CC2)cc1. The van der Waals surface area contributed by atoms with Crippen molar-refractivity contribution >= 4 is 15.9 Å². The molecule has 0 fully saturated rings. The van der Waals surface area contributed by atoms with E-state index in [2.05, 4.69) is 36.6 Å². The van der Waals surface area contributed by atoms with Gasteiger partial charge in [-0.1, -0.05) is 17.7 Å². The third kappa shape index (κ3) is 1.14. The summed E-state index contributed by atoms with van der Waals surface area (Å²) in [6.45, 7) is 2.13. The molecular weight excluding hydrogens is 140 g/mol. The molecule has 10 heavy (non-hydrogen) atoms. The molecule has 1 unspecified atom stereocenters. The quantitative estimate of drug-likeness (QED) is 0.539. The minimum atomic E-state index is 0.538. The van der Waals surface area contributed by atoms with Gasteiger partial charge in [-0.15, -0.1) is 0 Å². The van der Waals surface area contributed by atoms with Crippen molar-refractivity contribution in [1.29, 1.82) is 0 Å². The van der Waals surface area contributed by atoms with Crippen molar-refractivity contribution in [2.45, 2.75) is 11.8 Å². The fourth-order valence-electron chi connectivity index (χ4n) is 0.940. The summed E-state index contributed by atoms with van der Waals surface area (Å²) in [4.78, 5) is 1.51. The van der Waals surface area contributed by atoms with Crippen molar-refractivity contribution < 1.29 is 0 Å². The molecule has 0 amide bonds. The summed E-state index contributed by atoms with van der Waals surface area (Å²) in [6, 6.07) is 8.85. The van der Waals surface area contributed by atoms with Gasteiger partial charge in [0.2, 0.25) is 0 Å².